The Balaban J connectivity index is 1.16. The lowest BCUT2D eigenvalue weighted by molar-refractivity contribution is 0.295. The number of thiol groups is 1. The van der Waals surface area contributed by atoms with Gasteiger partial charge < -0.3 is 9.73 Å². The van der Waals surface area contributed by atoms with Gasteiger partial charge >= 0.3 is 0 Å². The van der Waals surface area contributed by atoms with Gasteiger partial charge in [-0.25, -0.2) is 0 Å². The van der Waals surface area contributed by atoms with Crippen LogP contribution in [0, 0.1) is 0 Å². The van der Waals surface area contributed by atoms with E-state index in [2.05, 4.69) is 138 Å². The molecule has 5 heteroatoms. The van der Waals surface area contributed by atoms with Crippen LogP contribution in [0.4, 0.5) is 11.4 Å². The molecular weight excluding hydrogens is 577 g/mol. The summed E-state index contributed by atoms with van der Waals surface area (Å²) in [6.45, 7) is 2.00. The summed E-state index contributed by atoms with van der Waals surface area (Å²) in [6, 6.07) is 45.9. The summed E-state index contributed by atoms with van der Waals surface area (Å²) in [6.07, 6.45) is 0. The van der Waals surface area contributed by atoms with Crippen molar-refractivity contribution in [1.82, 2.24) is 4.31 Å². The predicted molar refractivity (Wildman–Crippen MR) is 191 cm³/mol. The Labute approximate surface area is 264 Å². The quantitative estimate of drug-likeness (QED) is 0.191. The smallest absolute Gasteiger partial charge is 0.136 e. The highest BCUT2D eigenvalue weighted by Crippen LogP contribution is 2.41. The molecule has 0 unspecified atom stereocenters. The van der Waals surface area contributed by atoms with Crippen LogP contribution in [-0.2, 0) is 0 Å². The van der Waals surface area contributed by atoms with Gasteiger partial charge in [-0.15, -0.1) is 11.3 Å². The number of para-hydroxylation sites is 1. The third-order valence-corrected chi connectivity index (χ3v) is 10.5. The minimum absolute atomic E-state index is 0.558. The second-order valence-electron chi connectivity index (χ2n) is 11.7. The molecule has 1 N–H and O–H groups in total. The molecule has 212 valence electrons. The number of fused-ring (bicyclic) bond motifs is 6. The molecule has 0 spiro atoms. The van der Waals surface area contributed by atoms with Crippen LogP contribution in [0.1, 0.15) is 11.5 Å². The molecule has 1 aliphatic rings. The van der Waals surface area contributed by atoms with E-state index in [0.29, 0.717) is 5.92 Å². The van der Waals surface area contributed by atoms with Crippen molar-refractivity contribution in [2.75, 3.05) is 18.4 Å². The first-order valence-electron chi connectivity index (χ1n) is 14.9. The summed E-state index contributed by atoms with van der Waals surface area (Å²) in [5.74, 6) is 0.558. The molecule has 8 aromatic rings. The van der Waals surface area contributed by atoms with E-state index in [-0.39, 0.29) is 0 Å². The highest BCUT2D eigenvalue weighted by molar-refractivity contribution is 7.77. The van der Waals surface area contributed by atoms with E-state index in [0.717, 1.165) is 57.5 Å². The van der Waals surface area contributed by atoms with E-state index < -0.39 is 0 Å². The first-order chi connectivity index (χ1) is 21.7. The molecular formula is C39H28N2OS2. The van der Waals surface area contributed by atoms with Gasteiger partial charge in [0.1, 0.15) is 11.2 Å². The van der Waals surface area contributed by atoms with Crippen molar-refractivity contribution in [2.24, 2.45) is 0 Å². The minimum atomic E-state index is 0.558. The standard InChI is InChI=1S/C39H28N2OS2/c43-41-22-29(23-41)25-14-12-24(13-15-25)27-18-28(26-16-17-32-31-6-1-3-10-36(31)42-37(32)21-26)20-30(19-27)40-35-9-5-8-34-33-7-2-4-11-38(33)44-39(34)35/h1-21,29,40,43H,22-23H2. The number of benzene rings is 6. The third-order valence-electron chi connectivity index (χ3n) is 8.91. The zero-order valence-electron chi connectivity index (χ0n) is 23.8. The molecule has 2 aromatic heterocycles. The van der Waals surface area contributed by atoms with Crippen LogP contribution in [-0.4, -0.2) is 17.4 Å². The number of thiophene rings is 1. The van der Waals surface area contributed by atoms with Crippen molar-refractivity contribution in [3.63, 3.8) is 0 Å². The zero-order chi connectivity index (χ0) is 29.2. The average Bonchev–Trinajstić information content (AvgIpc) is 3.62. The van der Waals surface area contributed by atoms with Gasteiger partial charge in [0.05, 0.1) is 10.4 Å². The molecule has 3 nitrogen and oxygen atoms in total. The average molecular weight is 605 g/mol. The Kier molecular flexibility index (Phi) is 6.05. The molecule has 6 aromatic carbocycles. The van der Waals surface area contributed by atoms with Gasteiger partial charge in [0.2, 0.25) is 0 Å². The van der Waals surface area contributed by atoms with Gasteiger partial charge in [-0.2, -0.15) is 0 Å². The van der Waals surface area contributed by atoms with Crippen LogP contribution in [0.15, 0.2) is 132 Å². The maximum atomic E-state index is 6.27. The number of nitrogens with one attached hydrogen (secondary N) is 1. The van der Waals surface area contributed by atoms with Crippen LogP contribution in [0.25, 0.3) is 64.4 Å². The molecule has 3 heterocycles. The van der Waals surface area contributed by atoms with Gasteiger partial charge in [0.15, 0.2) is 0 Å². The lowest BCUT2D eigenvalue weighted by Gasteiger charge is -2.35. The largest absolute Gasteiger partial charge is 0.456 e. The number of hydrogen-bond acceptors (Lipinski definition) is 5. The van der Waals surface area contributed by atoms with Gasteiger partial charge in [-0.1, -0.05) is 91.7 Å². The fourth-order valence-electron chi connectivity index (χ4n) is 6.55. The first kappa shape index (κ1) is 25.9. The SMILES string of the molecule is SN1CC(c2ccc(-c3cc(Nc4cccc5c4sc4ccccc45)cc(-c4ccc5c(c4)oc4ccccc45)c3)cc2)C1. The van der Waals surface area contributed by atoms with E-state index in [1.165, 1.54) is 36.9 Å². The van der Waals surface area contributed by atoms with Crippen molar-refractivity contribution in [3.05, 3.63) is 133 Å². The Morgan fingerprint density at radius 2 is 1.32 bits per heavy atom. The normalized spacial score (nSPS) is 14.1. The van der Waals surface area contributed by atoms with Gasteiger partial charge in [0, 0.05) is 50.9 Å². The van der Waals surface area contributed by atoms with Gasteiger partial charge in [0.25, 0.3) is 0 Å². The molecule has 0 radical (unpaired) electrons. The molecule has 0 aliphatic carbocycles. The van der Waals surface area contributed by atoms with Crippen molar-refractivity contribution in [3.8, 4) is 22.3 Å². The first-order valence-corrected chi connectivity index (χ1v) is 16.2. The number of furan rings is 1. The van der Waals surface area contributed by atoms with Crippen molar-refractivity contribution >= 4 is 77.6 Å². The summed E-state index contributed by atoms with van der Waals surface area (Å²) in [5.41, 5.74) is 10.0. The highest BCUT2D eigenvalue weighted by Gasteiger charge is 2.25. The van der Waals surface area contributed by atoms with Crippen LogP contribution >= 0.6 is 24.2 Å². The van der Waals surface area contributed by atoms with E-state index in [9.17, 15) is 0 Å². The van der Waals surface area contributed by atoms with E-state index in [1.807, 2.05) is 23.5 Å². The van der Waals surface area contributed by atoms with Gasteiger partial charge in [-0.05, 0) is 76.3 Å². The lowest BCUT2D eigenvalue weighted by atomic mass is 9.91. The molecule has 0 amide bonds. The second kappa shape index (κ2) is 10.3. The van der Waals surface area contributed by atoms with Crippen molar-refractivity contribution < 1.29 is 4.42 Å². The Morgan fingerprint density at radius 1 is 0.614 bits per heavy atom. The van der Waals surface area contributed by atoms with E-state index in [1.54, 1.807) is 0 Å². The second-order valence-corrected chi connectivity index (χ2v) is 13.3. The molecule has 0 atom stereocenters. The van der Waals surface area contributed by atoms with E-state index in [4.69, 9.17) is 4.42 Å². The molecule has 0 saturated carbocycles. The van der Waals surface area contributed by atoms with Crippen LogP contribution in [0.2, 0.25) is 0 Å². The molecule has 1 saturated heterocycles. The predicted octanol–water partition coefficient (Wildman–Crippen LogP) is 11.3. The van der Waals surface area contributed by atoms with Crippen molar-refractivity contribution in [2.45, 2.75) is 5.92 Å². The van der Waals surface area contributed by atoms with Crippen LogP contribution < -0.4 is 5.32 Å². The maximum Gasteiger partial charge on any atom is 0.136 e. The number of hydrogen-bond donors (Lipinski definition) is 2. The number of anilines is 2. The number of rotatable bonds is 5. The molecule has 44 heavy (non-hydrogen) atoms. The topological polar surface area (TPSA) is 28.4 Å². The van der Waals surface area contributed by atoms with Crippen LogP contribution in [0.5, 0.6) is 0 Å². The third kappa shape index (κ3) is 4.39. The fraction of sp³-hybridized carbons (Fsp3) is 0.0769. The highest BCUT2D eigenvalue weighted by atomic mass is 32.1. The Bertz CT molecular complexity index is 2350. The lowest BCUT2D eigenvalue weighted by Crippen LogP contribution is -2.38. The monoisotopic (exact) mass is 604 g/mol. The van der Waals surface area contributed by atoms with E-state index >= 15 is 0 Å². The summed E-state index contributed by atoms with van der Waals surface area (Å²) < 4.78 is 10.9. The molecule has 0 bridgehead atoms. The molecule has 1 aliphatic heterocycles. The van der Waals surface area contributed by atoms with Gasteiger partial charge in [-0.3, -0.25) is 4.31 Å². The van der Waals surface area contributed by atoms with Crippen LogP contribution in [0.3, 0.4) is 0 Å². The summed E-state index contributed by atoms with van der Waals surface area (Å²) in [5, 5.41) is 8.69. The molecule has 9 rings (SSSR count). The zero-order valence-corrected chi connectivity index (χ0v) is 25.5. The minimum Gasteiger partial charge on any atom is -0.456 e. The summed E-state index contributed by atoms with van der Waals surface area (Å²) >= 11 is 6.30. The number of nitrogens with zero attached hydrogens (tertiary/aromatic N) is 1. The summed E-state index contributed by atoms with van der Waals surface area (Å²) in [4.78, 5) is 0. The fourth-order valence-corrected chi connectivity index (χ4v) is 8.12. The Hall–Kier alpha value is -4.55. The maximum absolute atomic E-state index is 6.27. The summed E-state index contributed by atoms with van der Waals surface area (Å²) in [7, 11) is 0. The Morgan fingerprint density at radius 3 is 2.16 bits per heavy atom. The molecule has 1 fully saturated rings. The van der Waals surface area contributed by atoms with Crippen molar-refractivity contribution in [1.29, 1.82) is 0 Å².